The van der Waals surface area contributed by atoms with Crippen LogP contribution in [0.4, 0.5) is 0 Å². The third kappa shape index (κ3) is 4.22. The summed E-state index contributed by atoms with van der Waals surface area (Å²) in [4.78, 5) is 15.6. The van der Waals surface area contributed by atoms with E-state index in [9.17, 15) is 13.2 Å². The monoisotopic (exact) mass is 429 g/mol. The molecule has 158 valence electrons. The molecule has 0 aliphatic carbocycles. The highest BCUT2D eigenvalue weighted by Gasteiger charge is 2.48. The molecule has 1 amide bonds. The predicted molar refractivity (Wildman–Crippen MR) is 114 cm³/mol. The van der Waals surface area contributed by atoms with E-state index in [-0.39, 0.29) is 29.5 Å². The number of likely N-dealkylation sites (tertiary alicyclic amines) is 1. The number of piperidine rings is 1. The Hall–Kier alpha value is -1.15. The molecule has 3 rings (SSSR count). The van der Waals surface area contributed by atoms with Crippen LogP contribution < -0.4 is 5.73 Å². The molecule has 0 saturated carbocycles. The molecule has 2 N–H and O–H groups in total. The number of carbonyl (C=O) groups is 1. The highest BCUT2D eigenvalue weighted by atomic mass is 35.5. The largest absolute Gasteiger partial charge is 0.341 e. The Morgan fingerprint density at radius 3 is 2.21 bits per heavy atom. The van der Waals surface area contributed by atoms with Crippen LogP contribution in [0.3, 0.4) is 0 Å². The van der Waals surface area contributed by atoms with E-state index < -0.39 is 15.4 Å². The van der Waals surface area contributed by atoms with Gasteiger partial charge in [-0.1, -0.05) is 37.3 Å². The fourth-order valence-electron chi connectivity index (χ4n) is 4.38. The molecule has 0 spiro atoms. The van der Waals surface area contributed by atoms with Gasteiger partial charge in [-0.2, -0.15) is 0 Å². The van der Waals surface area contributed by atoms with E-state index in [1.165, 1.54) is 4.31 Å². The van der Waals surface area contributed by atoms with E-state index in [2.05, 4.69) is 6.92 Å². The molecule has 2 fully saturated rings. The SMILES string of the molecule is CCS(=O)(=O)N1CCC(C(=O)N2CCC(C)(CN)C2)(c2ccccc2)CC1.Cl. The molecule has 2 heterocycles. The van der Waals surface area contributed by atoms with Gasteiger partial charge in [0.25, 0.3) is 0 Å². The zero-order valence-electron chi connectivity index (χ0n) is 16.8. The summed E-state index contributed by atoms with van der Waals surface area (Å²) in [5.41, 5.74) is 6.23. The summed E-state index contributed by atoms with van der Waals surface area (Å²) >= 11 is 0. The van der Waals surface area contributed by atoms with Gasteiger partial charge in [0.05, 0.1) is 11.2 Å². The van der Waals surface area contributed by atoms with Crippen LogP contribution in [0.15, 0.2) is 30.3 Å². The van der Waals surface area contributed by atoms with Gasteiger partial charge in [-0.15, -0.1) is 12.4 Å². The van der Waals surface area contributed by atoms with Crippen molar-refractivity contribution in [3.8, 4) is 0 Å². The van der Waals surface area contributed by atoms with Crippen LogP contribution in [-0.2, 0) is 20.2 Å². The summed E-state index contributed by atoms with van der Waals surface area (Å²) in [6.45, 7) is 6.53. The number of amides is 1. The van der Waals surface area contributed by atoms with Crippen molar-refractivity contribution in [2.75, 3.05) is 38.5 Å². The number of benzene rings is 1. The van der Waals surface area contributed by atoms with Crippen molar-refractivity contribution in [3.63, 3.8) is 0 Å². The molecule has 2 saturated heterocycles. The van der Waals surface area contributed by atoms with Gasteiger partial charge in [-0.3, -0.25) is 4.79 Å². The van der Waals surface area contributed by atoms with Gasteiger partial charge in [0.2, 0.25) is 15.9 Å². The number of hydrogen-bond donors (Lipinski definition) is 1. The summed E-state index contributed by atoms with van der Waals surface area (Å²) in [6, 6.07) is 9.85. The first-order chi connectivity index (χ1) is 12.8. The average molecular weight is 430 g/mol. The summed E-state index contributed by atoms with van der Waals surface area (Å²) in [7, 11) is -3.23. The first-order valence-electron chi connectivity index (χ1n) is 9.79. The fourth-order valence-corrected chi connectivity index (χ4v) is 5.48. The van der Waals surface area contributed by atoms with E-state index in [4.69, 9.17) is 5.73 Å². The van der Waals surface area contributed by atoms with Gasteiger partial charge in [-0.05, 0) is 43.7 Å². The van der Waals surface area contributed by atoms with Gasteiger partial charge in [0.15, 0.2) is 0 Å². The number of hydrogen-bond acceptors (Lipinski definition) is 4. The normalized spacial score (nSPS) is 25.3. The topological polar surface area (TPSA) is 83.7 Å². The maximum Gasteiger partial charge on any atom is 0.233 e. The number of rotatable bonds is 5. The maximum atomic E-state index is 13.7. The van der Waals surface area contributed by atoms with E-state index in [0.29, 0.717) is 39.0 Å². The van der Waals surface area contributed by atoms with Crippen molar-refractivity contribution in [3.05, 3.63) is 35.9 Å². The van der Waals surface area contributed by atoms with Crippen LogP contribution in [0.25, 0.3) is 0 Å². The Balaban J connectivity index is 0.00000280. The predicted octanol–water partition coefficient (Wildman–Crippen LogP) is 1.99. The van der Waals surface area contributed by atoms with Gasteiger partial charge >= 0.3 is 0 Å². The van der Waals surface area contributed by atoms with Crippen molar-refractivity contribution in [1.82, 2.24) is 9.21 Å². The van der Waals surface area contributed by atoms with Crippen molar-refractivity contribution in [2.24, 2.45) is 11.1 Å². The van der Waals surface area contributed by atoms with Crippen LogP contribution in [0.5, 0.6) is 0 Å². The van der Waals surface area contributed by atoms with Crippen LogP contribution in [0.1, 0.15) is 38.7 Å². The second-order valence-electron chi connectivity index (χ2n) is 8.24. The highest BCUT2D eigenvalue weighted by molar-refractivity contribution is 7.89. The Morgan fingerprint density at radius 1 is 1.11 bits per heavy atom. The molecule has 0 aromatic heterocycles. The lowest BCUT2D eigenvalue weighted by molar-refractivity contribution is -0.138. The zero-order chi connectivity index (χ0) is 19.7. The Labute approximate surface area is 174 Å². The minimum Gasteiger partial charge on any atom is -0.341 e. The molecule has 8 heteroatoms. The molecule has 6 nitrogen and oxygen atoms in total. The van der Waals surface area contributed by atoms with E-state index >= 15 is 0 Å². The molecule has 1 atom stereocenters. The summed E-state index contributed by atoms with van der Waals surface area (Å²) < 4.78 is 26.1. The third-order valence-corrected chi connectivity index (χ3v) is 8.29. The van der Waals surface area contributed by atoms with Crippen molar-refractivity contribution in [1.29, 1.82) is 0 Å². The van der Waals surface area contributed by atoms with Crippen LogP contribution >= 0.6 is 12.4 Å². The number of nitrogens with zero attached hydrogens (tertiary/aromatic N) is 2. The lowest BCUT2D eigenvalue weighted by Crippen LogP contribution is -2.54. The minimum absolute atomic E-state index is 0. The van der Waals surface area contributed by atoms with Crippen molar-refractivity contribution < 1.29 is 13.2 Å². The molecule has 0 bridgehead atoms. The molecular weight excluding hydrogens is 398 g/mol. The molecule has 1 unspecified atom stereocenters. The summed E-state index contributed by atoms with van der Waals surface area (Å²) in [6.07, 6.45) is 1.95. The van der Waals surface area contributed by atoms with Crippen molar-refractivity contribution in [2.45, 2.75) is 38.5 Å². The average Bonchev–Trinajstić information content (AvgIpc) is 3.11. The third-order valence-electron chi connectivity index (χ3n) is 6.41. The van der Waals surface area contributed by atoms with Crippen LogP contribution in [0, 0.1) is 5.41 Å². The molecule has 1 aromatic rings. The smallest absolute Gasteiger partial charge is 0.233 e. The van der Waals surface area contributed by atoms with E-state index in [1.807, 2.05) is 35.2 Å². The molecular formula is C20H32ClN3O3S. The Kier molecular flexibility index (Phi) is 7.18. The van der Waals surface area contributed by atoms with Crippen LogP contribution in [-0.4, -0.2) is 62.0 Å². The minimum atomic E-state index is -3.23. The van der Waals surface area contributed by atoms with Gasteiger partial charge in [-0.25, -0.2) is 12.7 Å². The second-order valence-corrected chi connectivity index (χ2v) is 10.5. The lowest BCUT2D eigenvalue weighted by atomic mass is 9.72. The lowest BCUT2D eigenvalue weighted by Gasteiger charge is -2.42. The second kappa shape index (κ2) is 8.69. The first kappa shape index (κ1) is 23.1. The highest BCUT2D eigenvalue weighted by Crippen LogP contribution is 2.40. The Morgan fingerprint density at radius 2 is 1.71 bits per heavy atom. The molecule has 1 aromatic carbocycles. The molecule has 0 radical (unpaired) electrons. The summed E-state index contributed by atoms with van der Waals surface area (Å²) in [5.74, 6) is 0.222. The quantitative estimate of drug-likeness (QED) is 0.775. The van der Waals surface area contributed by atoms with Crippen LogP contribution in [0.2, 0.25) is 0 Å². The van der Waals surface area contributed by atoms with Crippen molar-refractivity contribution >= 4 is 28.3 Å². The number of sulfonamides is 1. The van der Waals surface area contributed by atoms with E-state index in [0.717, 1.165) is 18.5 Å². The molecule has 2 aliphatic heterocycles. The number of carbonyl (C=O) groups excluding carboxylic acids is 1. The molecule has 28 heavy (non-hydrogen) atoms. The van der Waals surface area contributed by atoms with E-state index in [1.54, 1.807) is 6.92 Å². The fraction of sp³-hybridized carbons (Fsp3) is 0.650. The van der Waals surface area contributed by atoms with Gasteiger partial charge in [0.1, 0.15) is 0 Å². The molecule has 2 aliphatic rings. The van der Waals surface area contributed by atoms with Gasteiger partial charge < -0.3 is 10.6 Å². The maximum absolute atomic E-state index is 13.7. The summed E-state index contributed by atoms with van der Waals surface area (Å²) in [5, 5.41) is 0. The Bertz CT molecular complexity index is 779. The zero-order valence-corrected chi connectivity index (χ0v) is 18.4. The van der Waals surface area contributed by atoms with Gasteiger partial charge in [0, 0.05) is 26.2 Å². The number of halogens is 1. The first-order valence-corrected chi connectivity index (χ1v) is 11.4. The number of nitrogens with two attached hydrogens (primary N) is 1. The standard InChI is InChI=1S/C20H31N3O3S.ClH/c1-3-27(25,26)23-13-10-20(11-14-23,17-7-5-4-6-8-17)18(24)22-12-9-19(2,15-21)16-22;/h4-8H,3,9-16,21H2,1-2H3;1H.